The van der Waals surface area contributed by atoms with Crippen LogP contribution in [0.25, 0.3) is 0 Å². The number of hydrogen-bond acceptors (Lipinski definition) is 1. The topological polar surface area (TPSA) is 37.3 Å². The van der Waals surface area contributed by atoms with E-state index in [-0.39, 0.29) is 5.82 Å². The molecule has 1 atom stereocenters. The summed E-state index contributed by atoms with van der Waals surface area (Å²) in [6, 6.07) is 6.47. The number of benzene rings is 1. The predicted molar refractivity (Wildman–Crippen MR) is 58.7 cm³/mol. The lowest BCUT2D eigenvalue weighted by molar-refractivity contribution is -0.131. The molecule has 84 valence electrons. The maximum absolute atomic E-state index is 12.7. The highest BCUT2D eigenvalue weighted by Crippen LogP contribution is 2.37. The molecule has 1 unspecified atom stereocenters. The van der Waals surface area contributed by atoms with Gasteiger partial charge in [0, 0.05) is 6.08 Å². The molecule has 0 spiro atoms. The number of carboxylic acid groups (broad SMARTS) is 1. The number of aliphatic carboxylic acids is 1. The number of carbonyl (C=O) groups is 1. The highest BCUT2D eigenvalue weighted by atomic mass is 19.1. The Morgan fingerprint density at radius 1 is 1.38 bits per heavy atom. The minimum absolute atomic E-state index is 0.233. The van der Waals surface area contributed by atoms with Crippen molar-refractivity contribution in [3.05, 3.63) is 47.3 Å². The molecule has 16 heavy (non-hydrogen) atoms. The molecule has 1 fully saturated rings. The first-order chi connectivity index (χ1) is 7.65. The zero-order valence-electron chi connectivity index (χ0n) is 8.82. The molecule has 0 aromatic heterocycles. The van der Waals surface area contributed by atoms with E-state index in [4.69, 9.17) is 5.11 Å². The van der Waals surface area contributed by atoms with Crippen LogP contribution in [0.1, 0.15) is 30.7 Å². The summed E-state index contributed by atoms with van der Waals surface area (Å²) in [7, 11) is 0. The van der Waals surface area contributed by atoms with Crippen LogP contribution in [-0.2, 0) is 4.79 Å². The zero-order valence-corrected chi connectivity index (χ0v) is 8.82. The van der Waals surface area contributed by atoms with Crippen molar-refractivity contribution in [1.82, 2.24) is 0 Å². The lowest BCUT2D eigenvalue weighted by Gasteiger charge is -2.08. The smallest absolute Gasteiger partial charge is 0.328 e. The van der Waals surface area contributed by atoms with Gasteiger partial charge in [-0.25, -0.2) is 9.18 Å². The molecule has 1 N–H and O–H groups in total. The summed E-state index contributed by atoms with van der Waals surface area (Å²) in [4.78, 5) is 10.5. The van der Waals surface area contributed by atoms with E-state index in [1.54, 1.807) is 12.1 Å². The van der Waals surface area contributed by atoms with Gasteiger partial charge in [-0.15, -0.1) is 0 Å². The highest BCUT2D eigenvalue weighted by Gasteiger charge is 2.21. The van der Waals surface area contributed by atoms with Gasteiger partial charge in [0.1, 0.15) is 5.82 Å². The Balaban J connectivity index is 2.09. The molecule has 1 aliphatic rings. The quantitative estimate of drug-likeness (QED) is 0.777. The molecule has 0 saturated heterocycles. The van der Waals surface area contributed by atoms with Gasteiger partial charge in [-0.2, -0.15) is 0 Å². The van der Waals surface area contributed by atoms with Crippen LogP contribution < -0.4 is 0 Å². The molecule has 0 radical (unpaired) electrons. The summed E-state index contributed by atoms with van der Waals surface area (Å²) >= 11 is 0. The van der Waals surface area contributed by atoms with E-state index in [1.165, 1.54) is 18.2 Å². The third-order valence-electron chi connectivity index (χ3n) is 2.99. The number of rotatable bonds is 2. The Hall–Kier alpha value is -1.64. The Morgan fingerprint density at radius 2 is 2.06 bits per heavy atom. The molecule has 1 aromatic carbocycles. The van der Waals surface area contributed by atoms with E-state index < -0.39 is 5.97 Å². The first kappa shape index (κ1) is 10.9. The maximum Gasteiger partial charge on any atom is 0.328 e. The van der Waals surface area contributed by atoms with E-state index >= 15 is 0 Å². The van der Waals surface area contributed by atoms with Gasteiger partial charge in [0.15, 0.2) is 0 Å². The summed E-state index contributed by atoms with van der Waals surface area (Å²) < 4.78 is 12.7. The van der Waals surface area contributed by atoms with Crippen LogP contribution in [0.3, 0.4) is 0 Å². The number of hydrogen-bond donors (Lipinski definition) is 1. The zero-order chi connectivity index (χ0) is 11.5. The Kier molecular flexibility index (Phi) is 3.04. The Bertz CT molecular complexity index is 420. The molecular weight excluding hydrogens is 207 g/mol. The van der Waals surface area contributed by atoms with Crippen LogP contribution in [0.4, 0.5) is 4.39 Å². The molecule has 1 saturated carbocycles. The van der Waals surface area contributed by atoms with Crippen LogP contribution in [0.2, 0.25) is 0 Å². The van der Waals surface area contributed by atoms with Crippen molar-refractivity contribution in [2.45, 2.75) is 25.2 Å². The molecule has 2 nitrogen and oxygen atoms in total. The molecule has 0 amide bonds. The molecule has 1 aromatic rings. The molecule has 0 bridgehead atoms. The second kappa shape index (κ2) is 4.47. The summed E-state index contributed by atoms with van der Waals surface area (Å²) in [5.41, 5.74) is 2.07. The Morgan fingerprint density at radius 3 is 2.69 bits per heavy atom. The lowest BCUT2D eigenvalue weighted by atomic mass is 9.97. The monoisotopic (exact) mass is 220 g/mol. The summed E-state index contributed by atoms with van der Waals surface area (Å²) in [6.07, 6.45) is 3.85. The summed E-state index contributed by atoms with van der Waals surface area (Å²) in [5, 5.41) is 8.64. The van der Waals surface area contributed by atoms with E-state index in [1.807, 2.05) is 0 Å². The highest BCUT2D eigenvalue weighted by molar-refractivity contribution is 5.80. The van der Waals surface area contributed by atoms with Gasteiger partial charge in [-0.3, -0.25) is 0 Å². The first-order valence-electron chi connectivity index (χ1n) is 5.33. The summed E-state index contributed by atoms with van der Waals surface area (Å²) in [6.45, 7) is 0. The van der Waals surface area contributed by atoms with Gasteiger partial charge in [0.2, 0.25) is 0 Å². The predicted octanol–water partition coefficient (Wildman–Crippen LogP) is 3.10. The minimum atomic E-state index is -0.880. The van der Waals surface area contributed by atoms with E-state index in [9.17, 15) is 9.18 Å². The van der Waals surface area contributed by atoms with Gasteiger partial charge in [-0.1, -0.05) is 17.7 Å². The fraction of sp³-hybridized carbons (Fsp3) is 0.308. The van der Waals surface area contributed by atoms with E-state index in [2.05, 4.69) is 0 Å². The number of halogens is 1. The van der Waals surface area contributed by atoms with Crippen molar-refractivity contribution in [2.24, 2.45) is 0 Å². The van der Waals surface area contributed by atoms with Crippen LogP contribution in [0.5, 0.6) is 0 Å². The van der Waals surface area contributed by atoms with Gasteiger partial charge >= 0.3 is 5.97 Å². The molecule has 0 heterocycles. The van der Waals surface area contributed by atoms with Crippen LogP contribution in [-0.4, -0.2) is 11.1 Å². The van der Waals surface area contributed by atoms with Gasteiger partial charge in [0.05, 0.1) is 0 Å². The molecule has 2 rings (SSSR count). The average Bonchev–Trinajstić information content (AvgIpc) is 2.66. The summed E-state index contributed by atoms with van der Waals surface area (Å²) in [5.74, 6) is -0.774. The Labute approximate surface area is 93.4 Å². The fourth-order valence-corrected chi connectivity index (χ4v) is 2.21. The van der Waals surface area contributed by atoms with Crippen LogP contribution >= 0.6 is 0 Å². The SMILES string of the molecule is O=C(O)/C=C1\CCC(c2ccc(F)cc2)C1. The van der Waals surface area contributed by atoms with Crippen molar-refractivity contribution >= 4 is 5.97 Å². The van der Waals surface area contributed by atoms with Gasteiger partial charge in [-0.05, 0) is 42.9 Å². The number of allylic oxidation sites excluding steroid dienone is 1. The number of carboxylic acids is 1. The normalized spacial score (nSPS) is 22.6. The average molecular weight is 220 g/mol. The van der Waals surface area contributed by atoms with Gasteiger partial charge in [0.25, 0.3) is 0 Å². The largest absolute Gasteiger partial charge is 0.478 e. The first-order valence-corrected chi connectivity index (χ1v) is 5.33. The van der Waals surface area contributed by atoms with Crippen molar-refractivity contribution in [1.29, 1.82) is 0 Å². The third-order valence-corrected chi connectivity index (χ3v) is 2.99. The fourth-order valence-electron chi connectivity index (χ4n) is 2.21. The lowest BCUT2D eigenvalue weighted by Crippen LogP contribution is -1.93. The second-order valence-electron chi connectivity index (χ2n) is 4.13. The van der Waals surface area contributed by atoms with E-state index in [0.717, 1.165) is 30.4 Å². The minimum Gasteiger partial charge on any atom is -0.478 e. The van der Waals surface area contributed by atoms with E-state index in [0.29, 0.717) is 5.92 Å². The molecule has 0 aliphatic heterocycles. The molecule has 3 heteroatoms. The van der Waals surface area contributed by atoms with Crippen molar-refractivity contribution in [3.63, 3.8) is 0 Å². The second-order valence-corrected chi connectivity index (χ2v) is 4.13. The molecule has 1 aliphatic carbocycles. The molecular formula is C13H13FO2. The van der Waals surface area contributed by atoms with Crippen molar-refractivity contribution < 1.29 is 14.3 Å². The van der Waals surface area contributed by atoms with Crippen molar-refractivity contribution in [3.8, 4) is 0 Å². The van der Waals surface area contributed by atoms with Crippen molar-refractivity contribution in [2.75, 3.05) is 0 Å². The van der Waals surface area contributed by atoms with Gasteiger partial charge < -0.3 is 5.11 Å². The van der Waals surface area contributed by atoms with Crippen LogP contribution in [0.15, 0.2) is 35.9 Å². The third kappa shape index (κ3) is 2.48. The maximum atomic E-state index is 12.7. The standard InChI is InChI=1S/C13H13FO2/c14-12-5-3-10(4-6-12)11-2-1-9(7-11)8-13(15)16/h3-6,8,11H,1-2,7H2,(H,15,16)/b9-8+. The van der Waals surface area contributed by atoms with Crippen LogP contribution in [0, 0.1) is 5.82 Å².